The van der Waals surface area contributed by atoms with Crippen LogP contribution in [-0.4, -0.2) is 42.4 Å². The molecule has 1 aliphatic rings. The van der Waals surface area contributed by atoms with Crippen molar-refractivity contribution in [2.24, 2.45) is 0 Å². The lowest BCUT2D eigenvalue weighted by Gasteiger charge is -2.24. The molecule has 1 saturated heterocycles. The molecule has 0 spiro atoms. The smallest absolute Gasteiger partial charge is 0.333 e. The van der Waals surface area contributed by atoms with E-state index < -0.39 is 6.55 Å². The van der Waals surface area contributed by atoms with Crippen LogP contribution in [0.3, 0.4) is 0 Å². The van der Waals surface area contributed by atoms with Crippen LogP contribution in [0.2, 0.25) is 0 Å². The summed E-state index contributed by atoms with van der Waals surface area (Å²) < 4.78 is 28.8. The van der Waals surface area contributed by atoms with Gasteiger partial charge in [-0.25, -0.2) is 14.6 Å². The summed E-state index contributed by atoms with van der Waals surface area (Å²) in [6, 6.07) is 8.63. The Morgan fingerprint density at radius 1 is 1.06 bits per heavy atom. The number of nitrogens with one attached hydrogen (secondary N) is 2. The maximum Gasteiger partial charge on any atom is 0.333 e. The number of fused-ring (bicyclic) bond motifs is 2. The van der Waals surface area contributed by atoms with Crippen LogP contribution in [0.5, 0.6) is 0 Å². The van der Waals surface area contributed by atoms with Gasteiger partial charge in [-0.1, -0.05) is 6.07 Å². The van der Waals surface area contributed by atoms with Gasteiger partial charge in [0.1, 0.15) is 5.65 Å². The molecule has 32 heavy (non-hydrogen) atoms. The molecule has 2 N–H and O–H groups in total. The number of halogens is 2. The normalized spacial score (nSPS) is 17.0. The predicted molar refractivity (Wildman–Crippen MR) is 118 cm³/mol. The first-order valence-corrected chi connectivity index (χ1v) is 10.6. The quantitative estimate of drug-likeness (QED) is 0.428. The van der Waals surface area contributed by atoms with E-state index in [0.717, 1.165) is 64.7 Å². The topological polar surface area (TPSA) is 76.3 Å². The van der Waals surface area contributed by atoms with E-state index in [1.807, 2.05) is 24.7 Å². The van der Waals surface area contributed by atoms with Crippen molar-refractivity contribution < 1.29 is 8.78 Å². The van der Waals surface area contributed by atoms with Gasteiger partial charge in [-0.3, -0.25) is 0 Å². The van der Waals surface area contributed by atoms with Gasteiger partial charge in [0, 0.05) is 53.3 Å². The van der Waals surface area contributed by atoms with Crippen molar-refractivity contribution in [3.8, 4) is 22.3 Å². The minimum absolute atomic E-state index is 0.395. The van der Waals surface area contributed by atoms with Crippen molar-refractivity contribution in [1.29, 1.82) is 0 Å². The van der Waals surface area contributed by atoms with Crippen LogP contribution in [0.25, 0.3) is 44.3 Å². The molecule has 0 bridgehead atoms. The van der Waals surface area contributed by atoms with Crippen LogP contribution in [0.15, 0.2) is 55.4 Å². The number of imidazole rings is 1. The van der Waals surface area contributed by atoms with Crippen LogP contribution in [0.4, 0.5) is 8.78 Å². The molecule has 1 aliphatic heterocycles. The fraction of sp³-hybridized carbons (Fsp3) is 0.261. The lowest BCUT2D eigenvalue weighted by atomic mass is 10.0. The summed E-state index contributed by atoms with van der Waals surface area (Å²) in [7, 11) is 0. The number of alkyl halides is 2. The van der Waals surface area contributed by atoms with Gasteiger partial charge >= 0.3 is 6.55 Å². The second kappa shape index (κ2) is 7.52. The zero-order valence-electron chi connectivity index (χ0n) is 17.2. The summed E-state index contributed by atoms with van der Waals surface area (Å²) in [4.78, 5) is 12.3. The summed E-state index contributed by atoms with van der Waals surface area (Å²) in [5.74, 6) is 0. The van der Waals surface area contributed by atoms with Crippen LogP contribution in [-0.2, 0) is 0 Å². The number of H-pyrrole nitrogens is 1. The highest BCUT2D eigenvalue weighted by Gasteiger charge is 2.18. The van der Waals surface area contributed by atoms with Gasteiger partial charge < -0.3 is 14.9 Å². The van der Waals surface area contributed by atoms with E-state index in [1.165, 1.54) is 12.4 Å². The molecule has 0 saturated carbocycles. The molecule has 6 rings (SSSR count). The molecule has 0 aliphatic carbocycles. The van der Waals surface area contributed by atoms with Crippen LogP contribution in [0.1, 0.15) is 25.4 Å². The molecular weight excluding hydrogens is 412 g/mol. The van der Waals surface area contributed by atoms with Crippen molar-refractivity contribution in [3.63, 3.8) is 0 Å². The highest BCUT2D eigenvalue weighted by molar-refractivity contribution is 5.97. The number of nitrogens with zero attached hydrogens (tertiary/aromatic N) is 5. The number of rotatable bonds is 4. The van der Waals surface area contributed by atoms with Gasteiger partial charge in [-0.2, -0.15) is 13.9 Å². The zero-order valence-corrected chi connectivity index (χ0v) is 17.2. The SMILES string of the molecule is FC(F)n1cc(-c2cnc3[nH]cc(-c4ccc5ncn(C6CCCNC6)c5c4)c3c2)cn1. The molecule has 0 radical (unpaired) electrons. The van der Waals surface area contributed by atoms with Gasteiger partial charge in [-0.05, 0) is 43.1 Å². The minimum atomic E-state index is -2.67. The Hall–Kier alpha value is -3.59. The van der Waals surface area contributed by atoms with Crippen molar-refractivity contribution in [2.75, 3.05) is 13.1 Å². The Labute approximate surface area is 182 Å². The van der Waals surface area contributed by atoms with Gasteiger partial charge in [0.15, 0.2) is 0 Å². The van der Waals surface area contributed by atoms with Gasteiger partial charge in [0.2, 0.25) is 0 Å². The maximum atomic E-state index is 12.9. The number of piperidine rings is 1. The zero-order chi connectivity index (χ0) is 21.7. The minimum Gasteiger partial charge on any atom is -0.346 e. The first-order valence-electron chi connectivity index (χ1n) is 10.6. The van der Waals surface area contributed by atoms with Crippen LogP contribution >= 0.6 is 0 Å². The summed E-state index contributed by atoms with van der Waals surface area (Å²) in [5.41, 5.74) is 6.22. The van der Waals surface area contributed by atoms with E-state index in [4.69, 9.17) is 0 Å². The average molecular weight is 433 g/mol. The third kappa shape index (κ3) is 3.16. The predicted octanol–water partition coefficient (Wildman–Crippen LogP) is 4.76. The monoisotopic (exact) mass is 433 g/mol. The Bertz CT molecular complexity index is 1410. The molecule has 1 unspecified atom stereocenters. The molecule has 1 fully saturated rings. The molecular formula is C23H21F2N7. The number of hydrogen-bond acceptors (Lipinski definition) is 4. The fourth-order valence-electron chi connectivity index (χ4n) is 4.55. The van der Waals surface area contributed by atoms with E-state index in [1.54, 1.807) is 6.20 Å². The lowest BCUT2D eigenvalue weighted by molar-refractivity contribution is 0.0566. The van der Waals surface area contributed by atoms with E-state index in [2.05, 4.69) is 42.1 Å². The maximum absolute atomic E-state index is 12.9. The number of aromatic amines is 1. The third-order valence-electron chi connectivity index (χ3n) is 6.22. The first kappa shape index (κ1) is 19.1. The second-order valence-corrected chi connectivity index (χ2v) is 8.16. The molecule has 1 atom stereocenters. The van der Waals surface area contributed by atoms with Crippen LogP contribution in [0, 0.1) is 0 Å². The summed E-state index contributed by atoms with van der Waals surface area (Å²) >= 11 is 0. The number of pyridine rings is 1. The molecule has 7 nitrogen and oxygen atoms in total. The Morgan fingerprint density at radius 3 is 2.81 bits per heavy atom. The van der Waals surface area contributed by atoms with Crippen LogP contribution < -0.4 is 5.32 Å². The first-order chi connectivity index (χ1) is 15.7. The summed E-state index contributed by atoms with van der Waals surface area (Å²) in [6.07, 6.45) is 10.6. The molecule has 9 heteroatoms. The third-order valence-corrected chi connectivity index (χ3v) is 6.22. The standard InChI is InChI=1S/C23H21F2N7/c24-23(25)32-12-16(9-30-32)15-6-18-19(11-28-22(18)27-8-15)14-3-4-20-21(7-14)31(13-29-20)17-2-1-5-26-10-17/h3-4,6-9,11-13,17,23,26H,1-2,5,10H2,(H,27,28). The highest BCUT2D eigenvalue weighted by Crippen LogP contribution is 2.33. The molecule has 162 valence electrons. The molecule has 5 aromatic rings. The lowest BCUT2D eigenvalue weighted by Crippen LogP contribution is -2.31. The van der Waals surface area contributed by atoms with Crippen molar-refractivity contribution in [3.05, 3.63) is 55.4 Å². The highest BCUT2D eigenvalue weighted by atomic mass is 19.3. The van der Waals surface area contributed by atoms with Gasteiger partial charge in [0.25, 0.3) is 0 Å². The number of aromatic nitrogens is 6. The Morgan fingerprint density at radius 2 is 2.00 bits per heavy atom. The fourth-order valence-corrected chi connectivity index (χ4v) is 4.55. The Kier molecular flexibility index (Phi) is 4.50. The van der Waals surface area contributed by atoms with Crippen molar-refractivity contribution in [1.82, 2.24) is 34.6 Å². The van der Waals surface area contributed by atoms with Gasteiger partial charge in [0.05, 0.1) is 23.6 Å². The van der Waals surface area contributed by atoms with Crippen molar-refractivity contribution in [2.45, 2.75) is 25.4 Å². The van der Waals surface area contributed by atoms with E-state index in [-0.39, 0.29) is 0 Å². The van der Waals surface area contributed by atoms with E-state index >= 15 is 0 Å². The molecule has 0 amide bonds. The molecule has 5 heterocycles. The Balaban J connectivity index is 1.43. The number of benzene rings is 1. The van der Waals surface area contributed by atoms with Crippen molar-refractivity contribution >= 4 is 22.1 Å². The van der Waals surface area contributed by atoms with Gasteiger partial charge in [-0.15, -0.1) is 0 Å². The second-order valence-electron chi connectivity index (χ2n) is 8.16. The van der Waals surface area contributed by atoms with E-state index in [9.17, 15) is 8.78 Å². The summed E-state index contributed by atoms with van der Waals surface area (Å²) in [5, 5.41) is 8.14. The molecule has 1 aromatic carbocycles. The summed E-state index contributed by atoms with van der Waals surface area (Å²) in [6.45, 7) is -0.656. The average Bonchev–Trinajstić information content (AvgIpc) is 3.56. The molecule has 4 aromatic heterocycles. The number of hydrogen-bond donors (Lipinski definition) is 2. The van der Waals surface area contributed by atoms with E-state index in [0.29, 0.717) is 16.3 Å². The largest absolute Gasteiger partial charge is 0.346 e.